The average molecular weight is 241 g/mol. The van der Waals surface area contributed by atoms with E-state index in [4.69, 9.17) is 0 Å². The first-order valence-corrected chi connectivity index (χ1v) is 6.30. The van der Waals surface area contributed by atoms with Gasteiger partial charge in [-0.1, -0.05) is 48.6 Å². The van der Waals surface area contributed by atoms with Crippen LogP contribution in [-0.2, 0) is 0 Å². The lowest BCUT2D eigenvalue weighted by Gasteiger charge is -2.12. The minimum atomic E-state index is -0.458. The van der Waals surface area contributed by atoms with Gasteiger partial charge in [0.15, 0.2) is 0 Å². The topological polar surface area (TPSA) is 32.3 Å². The fourth-order valence-corrected chi connectivity index (χ4v) is 1.95. The van der Waals surface area contributed by atoms with Crippen molar-refractivity contribution >= 4 is 10.8 Å². The van der Waals surface area contributed by atoms with E-state index in [0.717, 1.165) is 12.1 Å². The van der Waals surface area contributed by atoms with Gasteiger partial charge in [0.2, 0.25) is 0 Å². The van der Waals surface area contributed by atoms with Crippen LogP contribution in [0.25, 0.3) is 10.8 Å². The van der Waals surface area contributed by atoms with Crippen LogP contribution >= 0.6 is 0 Å². The summed E-state index contributed by atoms with van der Waals surface area (Å²) in [5, 5.41) is 15.7. The Hall–Kier alpha value is -1.64. The summed E-state index contributed by atoms with van der Waals surface area (Å²) in [7, 11) is 0. The summed E-state index contributed by atoms with van der Waals surface area (Å²) < 4.78 is 0. The van der Waals surface area contributed by atoms with Crippen molar-refractivity contribution in [2.75, 3.05) is 13.1 Å². The fraction of sp³-hybridized carbons (Fsp3) is 0.250. The highest BCUT2D eigenvalue weighted by molar-refractivity contribution is 5.83. The van der Waals surface area contributed by atoms with Gasteiger partial charge in [-0.25, -0.2) is 0 Å². The molecule has 0 fully saturated rings. The summed E-state index contributed by atoms with van der Waals surface area (Å²) in [6, 6.07) is 14.3. The largest absolute Gasteiger partial charge is 0.387 e. The summed E-state index contributed by atoms with van der Waals surface area (Å²) in [4.78, 5) is 0. The second-order valence-corrected chi connectivity index (χ2v) is 4.35. The Bertz CT molecular complexity index is 533. The third-order valence-corrected chi connectivity index (χ3v) is 2.99. The van der Waals surface area contributed by atoms with E-state index < -0.39 is 6.10 Å². The zero-order valence-electron chi connectivity index (χ0n) is 10.6. The number of hydrogen-bond acceptors (Lipinski definition) is 2. The Morgan fingerprint density at radius 2 is 1.94 bits per heavy atom. The fourth-order valence-electron chi connectivity index (χ4n) is 1.95. The first-order chi connectivity index (χ1) is 8.81. The zero-order valence-corrected chi connectivity index (χ0v) is 10.6. The molecule has 2 aromatic rings. The Kier molecular flexibility index (Phi) is 4.51. The number of aliphatic hydroxyl groups is 1. The van der Waals surface area contributed by atoms with Gasteiger partial charge in [-0.15, -0.1) is 0 Å². The molecule has 0 radical (unpaired) electrons. The molecule has 18 heavy (non-hydrogen) atoms. The maximum absolute atomic E-state index is 10.1. The number of aliphatic hydroxyl groups excluding tert-OH is 1. The smallest absolute Gasteiger partial charge is 0.0914 e. The summed E-state index contributed by atoms with van der Waals surface area (Å²) in [6.07, 6.45) is 3.57. The van der Waals surface area contributed by atoms with Gasteiger partial charge in [-0.05, 0) is 29.3 Å². The number of hydrogen-bond donors (Lipinski definition) is 2. The van der Waals surface area contributed by atoms with Crippen molar-refractivity contribution < 1.29 is 5.11 Å². The summed E-state index contributed by atoms with van der Waals surface area (Å²) in [5.74, 6) is 0. The first-order valence-electron chi connectivity index (χ1n) is 6.30. The Morgan fingerprint density at radius 3 is 2.72 bits per heavy atom. The molecule has 2 N–H and O–H groups in total. The van der Waals surface area contributed by atoms with Crippen LogP contribution in [0.15, 0.2) is 54.6 Å². The van der Waals surface area contributed by atoms with Gasteiger partial charge in [-0.2, -0.15) is 0 Å². The van der Waals surface area contributed by atoms with Gasteiger partial charge in [0, 0.05) is 13.1 Å². The Labute approximate surface area is 108 Å². The normalized spacial score (nSPS) is 13.2. The molecule has 0 amide bonds. The molecule has 2 nitrogen and oxygen atoms in total. The maximum atomic E-state index is 10.1. The molecule has 0 heterocycles. The van der Waals surface area contributed by atoms with E-state index in [1.807, 2.05) is 37.3 Å². The third-order valence-electron chi connectivity index (χ3n) is 2.99. The molecule has 0 spiro atoms. The molecule has 0 aliphatic rings. The lowest BCUT2D eigenvalue weighted by molar-refractivity contribution is 0.176. The van der Waals surface area contributed by atoms with E-state index in [-0.39, 0.29) is 0 Å². The SMILES string of the molecule is C/C=C/CNC[C@@H](O)c1ccc2ccccc2c1. The Balaban J connectivity index is 2.05. The molecule has 0 saturated heterocycles. The number of nitrogens with one attached hydrogen (secondary N) is 1. The molecule has 0 bridgehead atoms. The summed E-state index contributed by atoms with van der Waals surface area (Å²) >= 11 is 0. The second kappa shape index (κ2) is 6.34. The van der Waals surface area contributed by atoms with E-state index in [9.17, 15) is 5.11 Å². The molecule has 2 rings (SSSR count). The van der Waals surface area contributed by atoms with Gasteiger partial charge in [0.25, 0.3) is 0 Å². The van der Waals surface area contributed by atoms with Crippen LogP contribution in [0, 0.1) is 0 Å². The predicted octanol–water partition coefficient (Wildman–Crippen LogP) is 3.04. The van der Waals surface area contributed by atoms with E-state index in [2.05, 4.69) is 29.6 Å². The molecule has 0 aromatic heterocycles. The van der Waals surface area contributed by atoms with Crippen LogP contribution in [0.1, 0.15) is 18.6 Å². The number of allylic oxidation sites excluding steroid dienone is 1. The quantitative estimate of drug-likeness (QED) is 0.623. The monoisotopic (exact) mass is 241 g/mol. The van der Waals surface area contributed by atoms with Crippen LogP contribution < -0.4 is 5.32 Å². The average Bonchev–Trinajstić information content (AvgIpc) is 2.43. The van der Waals surface area contributed by atoms with Crippen molar-refractivity contribution in [3.05, 3.63) is 60.2 Å². The Morgan fingerprint density at radius 1 is 1.17 bits per heavy atom. The lowest BCUT2D eigenvalue weighted by Crippen LogP contribution is -2.21. The van der Waals surface area contributed by atoms with E-state index in [1.165, 1.54) is 10.8 Å². The summed E-state index contributed by atoms with van der Waals surface area (Å²) in [5.41, 5.74) is 0.960. The predicted molar refractivity (Wildman–Crippen MR) is 76.6 cm³/mol. The minimum Gasteiger partial charge on any atom is -0.387 e. The highest BCUT2D eigenvalue weighted by Crippen LogP contribution is 2.19. The molecule has 2 heteroatoms. The summed E-state index contributed by atoms with van der Waals surface area (Å²) in [6.45, 7) is 3.35. The van der Waals surface area contributed by atoms with Gasteiger partial charge in [0.05, 0.1) is 6.10 Å². The van der Waals surface area contributed by atoms with Crippen LogP contribution in [-0.4, -0.2) is 18.2 Å². The van der Waals surface area contributed by atoms with Crippen LogP contribution in [0.4, 0.5) is 0 Å². The van der Waals surface area contributed by atoms with Gasteiger partial charge < -0.3 is 10.4 Å². The van der Waals surface area contributed by atoms with Crippen LogP contribution in [0.3, 0.4) is 0 Å². The molecule has 1 atom stereocenters. The molecule has 0 unspecified atom stereocenters. The van der Waals surface area contributed by atoms with E-state index >= 15 is 0 Å². The number of fused-ring (bicyclic) bond motifs is 1. The van der Waals surface area contributed by atoms with Crippen molar-refractivity contribution in [1.82, 2.24) is 5.32 Å². The van der Waals surface area contributed by atoms with Crippen molar-refractivity contribution in [2.24, 2.45) is 0 Å². The lowest BCUT2D eigenvalue weighted by atomic mass is 10.0. The van der Waals surface area contributed by atoms with Crippen molar-refractivity contribution in [2.45, 2.75) is 13.0 Å². The zero-order chi connectivity index (χ0) is 12.8. The molecule has 94 valence electrons. The molecule has 0 aliphatic carbocycles. The maximum Gasteiger partial charge on any atom is 0.0914 e. The highest BCUT2D eigenvalue weighted by Gasteiger charge is 2.06. The van der Waals surface area contributed by atoms with Crippen LogP contribution in [0.5, 0.6) is 0 Å². The van der Waals surface area contributed by atoms with Crippen molar-refractivity contribution in [3.63, 3.8) is 0 Å². The molecular weight excluding hydrogens is 222 g/mol. The van der Waals surface area contributed by atoms with Crippen LogP contribution in [0.2, 0.25) is 0 Å². The highest BCUT2D eigenvalue weighted by atomic mass is 16.3. The number of benzene rings is 2. The van der Waals surface area contributed by atoms with Crippen molar-refractivity contribution in [1.29, 1.82) is 0 Å². The molecule has 0 aliphatic heterocycles. The molecule has 2 aromatic carbocycles. The van der Waals surface area contributed by atoms with E-state index in [0.29, 0.717) is 6.54 Å². The standard InChI is InChI=1S/C16H19NO/c1-2-3-10-17-12-16(18)15-9-8-13-6-4-5-7-14(13)11-15/h2-9,11,16-18H,10,12H2,1H3/b3-2+/t16-/m1/s1. The molecule has 0 saturated carbocycles. The third kappa shape index (κ3) is 3.19. The second-order valence-electron chi connectivity index (χ2n) is 4.35. The van der Waals surface area contributed by atoms with Gasteiger partial charge in [0.1, 0.15) is 0 Å². The molecular formula is C16H19NO. The van der Waals surface area contributed by atoms with Gasteiger partial charge in [-0.3, -0.25) is 0 Å². The number of rotatable bonds is 5. The van der Waals surface area contributed by atoms with Crippen molar-refractivity contribution in [3.8, 4) is 0 Å². The first kappa shape index (κ1) is 12.8. The van der Waals surface area contributed by atoms with E-state index in [1.54, 1.807) is 0 Å². The van der Waals surface area contributed by atoms with Gasteiger partial charge >= 0.3 is 0 Å². The minimum absolute atomic E-state index is 0.458.